The minimum atomic E-state index is -4.84. The summed E-state index contributed by atoms with van der Waals surface area (Å²) in [7, 11) is 0. The molecule has 21 heavy (non-hydrogen) atoms. The van der Waals surface area contributed by atoms with E-state index >= 15 is 0 Å². The molecule has 1 aromatic heterocycles. The molecule has 1 heterocycles. The second-order valence-electron chi connectivity index (χ2n) is 4.69. The van der Waals surface area contributed by atoms with Crippen molar-refractivity contribution in [3.8, 4) is 0 Å². The number of hydrogen-bond donors (Lipinski definition) is 2. The topological polar surface area (TPSA) is 49.8 Å². The third-order valence-electron chi connectivity index (χ3n) is 3.00. The van der Waals surface area contributed by atoms with Crippen LogP contribution in [0.4, 0.5) is 38.0 Å². The van der Waals surface area contributed by atoms with E-state index in [1.165, 1.54) is 0 Å². The van der Waals surface area contributed by atoms with Crippen molar-refractivity contribution in [2.75, 3.05) is 17.2 Å². The molecule has 1 aromatic rings. The molecular formula is C11H12F6N4. The molecule has 2 N–H and O–H groups in total. The van der Waals surface area contributed by atoms with Gasteiger partial charge in [-0.2, -0.15) is 26.3 Å². The number of nitrogens with one attached hydrogen (secondary N) is 2. The van der Waals surface area contributed by atoms with Gasteiger partial charge in [0.25, 0.3) is 0 Å². The number of halogens is 6. The van der Waals surface area contributed by atoms with Gasteiger partial charge >= 0.3 is 12.4 Å². The van der Waals surface area contributed by atoms with Crippen LogP contribution in [0.3, 0.4) is 0 Å². The first-order valence-electron chi connectivity index (χ1n) is 6.12. The maximum absolute atomic E-state index is 12.8. The van der Waals surface area contributed by atoms with Crippen molar-refractivity contribution < 1.29 is 26.3 Å². The van der Waals surface area contributed by atoms with E-state index in [9.17, 15) is 26.3 Å². The Hall–Kier alpha value is -1.74. The molecule has 0 unspecified atom stereocenters. The average Bonchev–Trinajstić information content (AvgIpc) is 3.08. The molecule has 0 spiro atoms. The van der Waals surface area contributed by atoms with Gasteiger partial charge in [-0.05, 0) is 19.8 Å². The summed E-state index contributed by atoms with van der Waals surface area (Å²) in [4.78, 5) is 6.38. The smallest absolute Gasteiger partial charge is 0.370 e. The van der Waals surface area contributed by atoms with E-state index in [2.05, 4.69) is 20.6 Å². The van der Waals surface area contributed by atoms with Crippen LogP contribution >= 0.6 is 0 Å². The third kappa shape index (κ3) is 3.30. The van der Waals surface area contributed by atoms with Gasteiger partial charge in [0.1, 0.15) is 17.2 Å². The molecule has 1 aliphatic rings. The molecule has 10 heteroatoms. The van der Waals surface area contributed by atoms with Crippen molar-refractivity contribution in [1.82, 2.24) is 9.97 Å². The molecule has 1 saturated carbocycles. The van der Waals surface area contributed by atoms with Crippen LogP contribution in [0.15, 0.2) is 6.07 Å². The molecule has 0 aliphatic heterocycles. The quantitative estimate of drug-likeness (QED) is 0.836. The minimum Gasteiger partial charge on any atom is -0.370 e. The molecule has 0 bridgehead atoms. The molecular weight excluding hydrogens is 302 g/mol. The Morgan fingerprint density at radius 1 is 1.10 bits per heavy atom. The number of aromatic nitrogens is 2. The third-order valence-corrected chi connectivity index (χ3v) is 3.00. The zero-order chi connectivity index (χ0) is 15.9. The lowest BCUT2D eigenvalue weighted by atomic mass is 10.2. The summed E-state index contributed by atoms with van der Waals surface area (Å²) in [6, 6.07) is 1.03. The zero-order valence-corrected chi connectivity index (χ0v) is 10.9. The second-order valence-corrected chi connectivity index (χ2v) is 4.69. The van der Waals surface area contributed by atoms with Gasteiger partial charge in [-0.1, -0.05) is 0 Å². The van der Waals surface area contributed by atoms with Crippen LogP contribution in [-0.2, 0) is 6.18 Å². The molecule has 4 nitrogen and oxygen atoms in total. The number of alkyl halides is 6. The SMILES string of the molecule is CCNc1cc(NC2(C(F)(F)F)CC2)nc(C(F)(F)F)n1. The van der Waals surface area contributed by atoms with Crippen LogP contribution in [-0.4, -0.2) is 28.2 Å². The van der Waals surface area contributed by atoms with Crippen molar-refractivity contribution >= 4 is 11.6 Å². The monoisotopic (exact) mass is 314 g/mol. The molecule has 0 amide bonds. The standard InChI is InChI=1S/C11H12F6N4/c1-2-18-6-5-7(20-8(19-6)10(12,13)14)21-9(3-4-9)11(15,16)17/h5H,2-4H2,1H3,(H2,18,19,20,21). The van der Waals surface area contributed by atoms with Gasteiger partial charge in [0, 0.05) is 12.6 Å². The normalized spacial score (nSPS) is 17.5. The van der Waals surface area contributed by atoms with E-state index in [-0.39, 0.29) is 25.2 Å². The Morgan fingerprint density at radius 2 is 1.67 bits per heavy atom. The number of hydrogen-bond acceptors (Lipinski definition) is 4. The Labute approximate surface area is 116 Å². The maximum Gasteiger partial charge on any atom is 0.451 e. The molecule has 0 atom stereocenters. The molecule has 0 aromatic carbocycles. The Kier molecular flexibility index (Phi) is 3.66. The fourth-order valence-corrected chi connectivity index (χ4v) is 1.76. The molecule has 2 rings (SSSR count). The van der Waals surface area contributed by atoms with E-state index in [1.54, 1.807) is 6.92 Å². The van der Waals surface area contributed by atoms with Crippen molar-refractivity contribution in [1.29, 1.82) is 0 Å². The molecule has 0 radical (unpaired) electrons. The number of rotatable bonds is 4. The lowest BCUT2D eigenvalue weighted by Crippen LogP contribution is -2.39. The molecule has 0 saturated heterocycles. The van der Waals surface area contributed by atoms with Gasteiger partial charge in [-0.3, -0.25) is 0 Å². The summed E-state index contributed by atoms with van der Waals surface area (Å²) < 4.78 is 76.5. The lowest BCUT2D eigenvalue weighted by Gasteiger charge is -2.22. The molecule has 118 valence electrons. The van der Waals surface area contributed by atoms with E-state index in [1.807, 2.05) is 0 Å². The van der Waals surface area contributed by atoms with Crippen LogP contribution in [0, 0.1) is 0 Å². The van der Waals surface area contributed by atoms with Crippen LogP contribution < -0.4 is 10.6 Å². The first kappa shape index (κ1) is 15.6. The number of nitrogens with zero attached hydrogens (tertiary/aromatic N) is 2. The highest BCUT2D eigenvalue weighted by atomic mass is 19.4. The zero-order valence-electron chi connectivity index (χ0n) is 10.9. The van der Waals surface area contributed by atoms with Crippen molar-refractivity contribution in [2.45, 2.75) is 37.7 Å². The summed E-state index contributed by atoms with van der Waals surface area (Å²) in [6.45, 7) is 1.90. The Bertz CT molecular complexity index is 520. The van der Waals surface area contributed by atoms with Gasteiger partial charge in [0.2, 0.25) is 5.82 Å². The van der Waals surface area contributed by atoms with Gasteiger partial charge in [0.15, 0.2) is 0 Å². The highest BCUT2D eigenvalue weighted by Crippen LogP contribution is 2.51. The lowest BCUT2D eigenvalue weighted by molar-refractivity contribution is -0.151. The highest BCUT2D eigenvalue weighted by Gasteiger charge is 2.63. The fourth-order valence-electron chi connectivity index (χ4n) is 1.76. The van der Waals surface area contributed by atoms with Gasteiger partial charge < -0.3 is 10.6 Å². The summed E-state index contributed by atoms with van der Waals surface area (Å²) in [5.74, 6) is -2.16. The number of anilines is 2. The molecule has 1 fully saturated rings. The maximum atomic E-state index is 12.8. The van der Waals surface area contributed by atoms with E-state index in [4.69, 9.17) is 0 Å². The summed E-state index contributed by atoms with van der Waals surface area (Å²) in [5.41, 5.74) is -2.19. The van der Waals surface area contributed by atoms with Gasteiger partial charge in [0.05, 0.1) is 0 Å². The van der Waals surface area contributed by atoms with Crippen LogP contribution in [0.25, 0.3) is 0 Å². The summed E-state index contributed by atoms with van der Waals surface area (Å²) >= 11 is 0. The van der Waals surface area contributed by atoms with Crippen molar-refractivity contribution in [3.05, 3.63) is 11.9 Å². The summed E-state index contributed by atoms with van der Waals surface area (Å²) in [6.07, 6.45) is -9.78. The highest BCUT2D eigenvalue weighted by molar-refractivity contribution is 5.51. The van der Waals surface area contributed by atoms with E-state index < -0.39 is 29.5 Å². The largest absolute Gasteiger partial charge is 0.451 e. The Balaban J connectivity index is 2.33. The fraction of sp³-hybridized carbons (Fsp3) is 0.636. The average molecular weight is 314 g/mol. The van der Waals surface area contributed by atoms with Gasteiger partial charge in [-0.15, -0.1) is 0 Å². The van der Waals surface area contributed by atoms with Crippen molar-refractivity contribution in [2.24, 2.45) is 0 Å². The predicted octanol–water partition coefficient (Wildman–Crippen LogP) is 3.43. The van der Waals surface area contributed by atoms with Gasteiger partial charge in [-0.25, -0.2) is 9.97 Å². The van der Waals surface area contributed by atoms with Crippen LogP contribution in [0.1, 0.15) is 25.6 Å². The first-order chi connectivity index (χ1) is 9.57. The van der Waals surface area contributed by atoms with Crippen LogP contribution in [0.2, 0.25) is 0 Å². The second kappa shape index (κ2) is 4.92. The molecule has 1 aliphatic carbocycles. The predicted molar refractivity (Wildman–Crippen MR) is 62.8 cm³/mol. The van der Waals surface area contributed by atoms with Crippen molar-refractivity contribution in [3.63, 3.8) is 0 Å². The van der Waals surface area contributed by atoms with E-state index in [0.29, 0.717) is 0 Å². The van der Waals surface area contributed by atoms with Crippen LogP contribution in [0.5, 0.6) is 0 Å². The Morgan fingerprint density at radius 3 is 2.10 bits per heavy atom. The van der Waals surface area contributed by atoms with E-state index in [0.717, 1.165) is 6.07 Å². The summed E-state index contributed by atoms with van der Waals surface area (Å²) in [5, 5.41) is 4.60. The first-order valence-corrected chi connectivity index (χ1v) is 6.12. The minimum absolute atomic E-state index is 0.180.